The Bertz CT molecular complexity index is 518. The molecule has 1 N–H and O–H groups in total. The molecule has 4 nitrogen and oxygen atoms in total. The van der Waals surface area contributed by atoms with Gasteiger partial charge in [0, 0.05) is 53.7 Å². The first-order chi connectivity index (χ1) is 10.1. The van der Waals surface area contributed by atoms with Crippen LogP contribution in [0.5, 0.6) is 0 Å². The molecule has 116 valence electrons. The largest absolute Gasteiger partial charge is 0.355 e. The molecular weight excluding hydrogens is 282 g/mol. The summed E-state index contributed by atoms with van der Waals surface area (Å²) in [5.41, 5.74) is 2.48. The molecule has 1 saturated carbocycles. The molecule has 0 radical (unpaired) electrons. The average Bonchev–Trinajstić information content (AvgIpc) is 3.30. The van der Waals surface area contributed by atoms with Crippen LogP contribution in [0.15, 0.2) is 12.1 Å². The lowest BCUT2D eigenvalue weighted by molar-refractivity contribution is 0.670. The van der Waals surface area contributed by atoms with E-state index in [4.69, 9.17) is 4.98 Å². The van der Waals surface area contributed by atoms with Gasteiger partial charge in [0.2, 0.25) is 0 Å². The van der Waals surface area contributed by atoms with Crippen LogP contribution in [0.3, 0.4) is 0 Å². The van der Waals surface area contributed by atoms with Gasteiger partial charge in [-0.15, -0.1) is 0 Å². The fourth-order valence-corrected chi connectivity index (χ4v) is 3.62. The van der Waals surface area contributed by atoms with Crippen LogP contribution in [0.1, 0.15) is 43.9 Å². The zero-order valence-electron chi connectivity index (χ0n) is 13.0. The van der Waals surface area contributed by atoms with Crippen molar-refractivity contribution < 1.29 is 4.21 Å². The molecule has 1 saturated heterocycles. The predicted octanol–water partition coefficient (Wildman–Crippen LogP) is 2.03. The third kappa shape index (κ3) is 4.04. The molecule has 0 aromatic carbocycles. The van der Waals surface area contributed by atoms with Crippen molar-refractivity contribution in [2.24, 2.45) is 0 Å². The zero-order chi connectivity index (χ0) is 14.8. The van der Waals surface area contributed by atoms with Crippen molar-refractivity contribution in [1.82, 2.24) is 10.3 Å². The minimum Gasteiger partial charge on any atom is -0.355 e. The molecule has 21 heavy (non-hydrogen) atoms. The summed E-state index contributed by atoms with van der Waals surface area (Å²) in [6.45, 7) is 7.03. The molecule has 0 spiro atoms. The fraction of sp³-hybridized carbons (Fsp3) is 0.688. The average molecular weight is 307 g/mol. The first-order valence-electron chi connectivity index (χ1n) is 7.96. The molecule has 0 amide bonds. The van der Waals surface area contributed by atoms with Crippen molar-refractivity contribution in [3.8, 4) is 0 Å². The third-order valence-corrected chi connectivity index (χ3v) is 5.43. The van der Waals surface area contributed by atoms with E-state index in [-0.39, 0.29) is 0 Å². The smallest absolute Gasteiger partial charge is 0.129 e. The Morgan fingerprint density at radius 2 is 2.05 bits per heavy atom. The third-order valence-electron chi connectivity index (χ3n) is 4.16. The lowest BCUT2D eigenvalue weighted by atomic mass is 10.1. The molecule has 1 aromatic heterocycles. The second-order valence-electron chi connectivity index (χ2n) is 6.40. The Labute approximate surface area is 129 Å². The van der Waals surface area contributed by atoms with Crippen LogP contribution >= 0.6 is 0 Å². The van der Waals surface area contributed by atoms with Gasteiger partial charge >= 0.3 is 0 Å². The van der Waals surface area contributed by atoms with E-state index in [1.165, 1.54) is 18.4 Å². The molecule has 1 aromatic rings. The van der Waals surface area contributed by atoms with Gasteiger partial charge in [0.1, 0.15) is 5.82 Å². The topological polar surface area (TPSA) is 45.2 Å². The quantitative estimate of drug-likeness (QED) is 0.904. The van der Waals surface area contributed by atoms with Crippen molar-refractivity contribution in [2.45, 2.75) is 45.2 Å². The van der Waals surface area contributed by atoms with E-state index in [9.17, 15) is 4.21 Å². The number of nitrogens with one attached hydrogen (secondary N) is 1. The molecule has 5 heteroatoms. The van der Waals surface area contributed by atoms with Crippen LogP contribution in [-0.2, 0) is 17.3 Å². The minimum absolute atomic E-state index is 0.434. The van der Waals surface area contributed by atoms with Crippen molar-refractivity contribution in [1.29, 1.82) is 0 Å². The highest BCUT2D eigenvalue weighted by atomic mass is 32.2. The van der Waals surface area contributed by atoms with Gasteiger partial charge in [-0.05, 0) is 36.5 Å². The molecular formula is C16H25N3OS. The van der Waals surface area contributed by atoms with E-state index in [2.05, 4.69) is 36.2 Å². The van der Waals surface area contributed by atoms with E-state index in [0.29, 0.717) is 5.92 Å². The Kier molecular flexibility index (Phi) is 4.60. The zero-order valence-corrected chi connectivity index (χ0v) is 13.8. The van der Waals surface area contributed by atoms with Gasteiger partial charge < -0.3 is 10.2 Å². The second-order valence-corrected chi connectivity index (χ2v) is 8.10. The Hall–Kier alpha value is -0.940. The predicted molar refractivity (Wildman–Crippen MR) is 88.3 cm³/mol. The number of aromatic nitrogens is 1. The van der Waals surface area contributed by atoms with Gasteiger partial charge in [-0.1, -0.05) is 13.8 Å². The second kappa shape index (κ2) is 6.44. The van der Waals surface area contributed by atoms with Gasteiger partial charge in [0.25, 0.3) is 0 Å². The Balaban J connectivity index is 1.78. The highest BCUT2D eigenvalue weighted by molar-refractivity contribution is 7.85. The number of nitrogens with zero attached hydrogens (tertiary/aromatic N) is 2. The minimum atomic E-state index is -0.637. The van der Waals surface area contributed by atoms with Gasteiger partial charge in [0.15, 0.2) is 0 Å². The first kappa shape index (κ1) is 15.0. The van der Waals surface area contributed by atoms with E-state index in [1.54, 1.807) is 0 Å². The summed E-state index contributed by atoms with van der Waals surface area (Å²) in [4.78, 5) is 7.11. The summed E-state index contributed by atoms with van der Waals surface area (Å²) in [6, 6.07) is 5.16. The molecule has 1 aliphatic carbocycles. The molecule has 2 fully saturated rings. The highest BCUT2D eigenvalue weighted by Crippen LogP contribution is 2.23. The highest BCUT2D eigenvalue weighted by Gasteiger charge is 2.21. The number of hydrogen-bond donors (Lipinski definition) is 1. The molecule has 0 bridgehead atoms. The first-order valence-corrected chi connectivity index (χ1v) is 9.45. The molecule has 0 unspecified atom stereocenters. The standard InChI is InChI=1S/C16H25N3OS/c1-12(2)15-9-13(11-17-14-3-4-14)10-16(18-15)19-5-7-21(20)8-6-19/h9-10,12,14,17H,3-8,11H2,1-2H3. The van der Waals surface area contributed by atoms with Crippen LogP contribution in [0.4, 0.5) is 5.82 Å². The molecule has 3 rings (SSSR count). The maximum Gasteiger partial charge on any atom is 0.129 e. The summed E-state index contributed by atoms with van der Waals surface area (Å²) in [5.74, 6) is 3.03. The normalized spacial score (nSPS) is 20.2. The van der Waals surface area contributed by atoms with E-state index >= 15 is 0 Å². The maximum atomic E-state index is 11.5. The number of anilines is 1. The summed E-state index contributed by atoms with van der Waals surface area (Å²) >= 11 is 0. The molecule has 2 heterocycles. The Morgan fingerprint density at radius 3 is 2.67 bits per heavy atom. The van der Waals surface area contributed by atoms with Gasteiger partial charge in [-0.2, -0.15) is 0 Å². The van der Waals surface area contributed by atoms with Crippen LogP contribution < -0.4 is 10.2 Å². The van der Waals surface area contributed by atoms with Crippen molar-refractivity contribution in [3.05, 3.63) is 23.4 Å². The van der Waals surface area contributed by atoms with Crippen molar-refractivity contribution >= 4 is 16.6 Å². The van der Waals surface area contributed by atoms with Crippen molar-refractivity contribution in [2.75, 3.05) is 29.5 Å². The lowest BCUT2D eigenvalue weighted by Gasteiger charge is -2.28. The van der Waals surface area contributed by atoms with Gasteiger partial charge in [-0.25, -0.2) is 4.98 Å². The van der Waals surface area contributed by atoms with E-state index < -0.39 is 10.8 Å². The number of hydrogen-bond acceptors (Lipinski definition) is 4. The lowest BCUT2D eigenvalue weighted by Crippen LogP contribution is -2.38. The number of pyridine rings is 1. The summed E-state index contributed by atoms with van der Waals surface area (Å²) in [7, 11) is -0.637. The van der Waals surface area contributed by atoms with E-state index in [1.807, 2.05) is 0 Å². The maximum absolute atomic E-state index is 11.5. The SMILES string of the molecule is CC(C)c1cc(CNC2CC2)cc(N2CCS(=O)CC2)n1. The van der Waals surface area contributed by atoms with Gasteiger partial charge in [-0.3, -0.25) is 4.21 Å². The molecule has 2 aliphatic rings. The van der Waals surface area contributed by atoms with Crippen LogP contribution in [-0.4, -0.2) is 39.8 Å². The summed E-state index contributed by atoms with van der Waals surface area (Å²) in [5, 5.41) is 3.58. The van der Waals surface area contributed by atoms with Crippen LogP contribution in [0.2, 0.25) is 0 Å². The molecule has 0 atom stereocenters. The fourth-order valence-electron chi connectivity index (χ4n) is 2.57. The van der Waals surface area contributed by atoms with E-state index in [0.717, 1.165) is 48.7 Å². The van der Waals surface area contributed by atoms with Gasteiger partial charge in [0.05, 0.1) is 0 Å². The Morgan fingerprint density at radius 1 is 1.33 bits per heavy atom. The van der Waals surface area contributed by atoms with Crippen molar-refractivity contribution in [3.63, 3.8) is 0 Å². The van der Waals surface area contributed by atoms with Crippen LogP contribution in [0.25, 0.3) is 0 Å². The number of rotatable bonds is 5. The van der Waals surface area contributed by atoms with Crippen LogP contribution in [0, 0.1) is 0 Å². The monoisotopic (exact) mass is 307 g/mol. The summed E-state index contributed by atoms with van der Waals surface area (Å²) < 4.78 is 11.5. The molecule has 1 aliphatic heterocycles. The summed E-state index contributed by atoms with van der Waals surface area (Å²) in [6.07, 6.45) is 2.62.